The number of benzene rings is 1. The molecule has 0 saturated heterocycles. The van der Waals surface area contributed by atoms with Crippen LogP contribution in [0, 0.1) is 0 Å². The number of anilines is 1. The van der Waals surface area contributed by atoms with E-state index in [0.29, 0.717) is 17.4 Å². The third-order valence-corrected chi connectivity index (χ3v) is 2.56. The normalized spacial score (nSPS) is 10.4. The van der Waals surface area contributed by atoms with Crippen molar-refractivity contribution in [2.75, 3.05) is 5.73 Å². The van der Waals surface area contributed by atoms with Crippen LogP contribution in [0.15, 0.2) is 30.3 Å². The molecule has 0 saturated carbocycles. The van der Waals surface area contributed by atoms with Crippen LogP contribution in [0.3, 0.4) is 0 Å². The van der Waals surface area contributed by atoms with Gasteiger partial charge in [0.25, 0.3) is 5.91 Å². The van der Waals surface area contributed by atoms with Crippen molar-refractivity contribution in [2.24, 2.45) is 5.73 Å². The lowest BCUT2D eigenvalue weighted by molar-refractivity contribution is 0.0995. The predicted molar refractivity (Wildman–Crippen MR) is 65.7 cm³/mol. The molecule has 0 atom stereocenters. The smallest absolute Gasteiger partial charge is 0.269 e. The maximum absolute atomic E-state index is 10.9. The standard InChI is InChI=1S/C11H11ClN4O/c12-8-3-1-7(2-4-8)6-16-10(13)5-9(15-16)11(14)17/h1-5H,6,13H2,(H2,14,17). The molecule has 88 valence electrons. The number of nitrogens with zero attached hydrogens (tertiary/aromatic N) is 2. The van der Waals surface area contributed by atoms with Crippen molar-refractivity contribution < 1.29 is 4.79 Å². The molecule has 6 heteroatoms. The molecular weight excluding hydrogens is 240 g/mol. The van der Waals surface area contributed by atoms with Crippen LogP contribution >= 0.6 is 11.6 Å². The SMILES string of the molecule is NC(=O)c1cc(N)n(Cc2ccc(Cl)cc2)n1. The van der Waals surface area contributed by atoms with Crippen molar-refractivity contribution in [3.63, 3.8) is 0 Å². The number of amides is 1. The minimum Gasteiger partial charge on any atom is -0.384 e. The van der Waals surface area contributed by atoms with Crippen molar-refractivity contribution in [3.05, 3.63) is 46.6 Å². The number of aromatic nitrogens is 2. The molecule has 0 aliphatic rings. The predicted octanol–water partition coefficient (Wildman–Crippen LogP) is 1.27. The average Bonchev–Trinajstić information content (AvgIpc) is 2.64. The van der Waals surface area contributed by atoms with Gasteiger partial charge in [-0.25, -0.2) is 4.68 Å². The van der Waals surface area contributed by atoms with E-state index in [1.165, 1.54) is 10.7 Å². The Morgan fingerprint density at radius 3 is 2.53 bits per heavy atom. The van der Waals surface area contributed by atoms with Gasteiger partial charge in [0.2, 0.25) is 0 Å². The maximum atomic E-state index is 10.9. The molecule has 0 fully saturated rings. The van der Waals surface area contributed by atoms with E-state index in [1.54, 1.807) is 12.1 Å². The fourth-order valence-corrected chi connectivity index (χ4v) is 1.57. The molecule has 17 heavy (non-hydrogen) atoms. The Bertz CT molecular complexity index is 547. The number of primary amides is 1. The number of hydrogen-bond donors (Lipinski definition) is 2. The topological polar surface area (TPSA) is 86.9 Å². The van der Waals surface area contributed by atoms with Crippen LogP contribution in [-0.2, 0) is 6.54 Å². The molecule has 0 spiro atoms. The van der Waals surface area contributed by atoms with Crippen LogP contribution in [-0.4, -0.2) is 15.7 Å². The van der Waals surface area contributed by atoms with Gasteiger partial charge in [0.15, 0.2) is 5.69 Å². The van der Waals surface area contributed by atoms with Crippen LogP contribution in [0.25, 0.3) is 0 Å². The Morgan fingerprint density at radius 2 is 2.00 bits per heavy atom. The largest absolute Gasteiger partial charge is 0.384 e. The third-order valence-electron chi connectivity index (χ3n) is 2.31. The summed E-state index contributed by atoms with van der Waals surface area (Å²) in [6.45, 7) is 0.469. The number of carbonyl (C=O) groups is 1. The first kappa shape index (κ1) is 11.5. The lowest BCUT2D eigenvalue weighted by atomic mass is 10.2. The molecular formula is C11H11ClN4O. The molecule has 4 N–H and O–H groups in total. The zero-order chi connectivity index (χ0) is 12.4. The molecule has 0 unspecified atom stereocenters. The molecule has 0 aliphatic heterocycles. The van der Waals surface area contributed by atoms with Crippen LogP contribution < -0.4 is 11.5 Å². The highest BCUT2D eigenvalue weighted by Crippen LogP contribution is 2.13. The second kappa shape index (κ2) is 4.47. The summed E-state index contributed by atoms with van der Waals surface area (Å²) in [7, 11) is 0. The van der Waals surface area contributed by atoms with Crippen LogP contribution in [0.5, 0.6) is 0 Å². The summed E-state index contributed by atoms with van der Waals surface area (Å²) in [5.74, 6) is -0.194. The van der Waals surface area contributed by atoms with Gasteiger partial charge in [0, 0.05) is 11.1 Å². The molecule has 1 amide bonds. The van der Waals surface area contributed by atoms with E-state index in [9.17, 15) is 4.79 Å². The second-order valence-corrected chi connectivity index (χ2v) is 4.04. The Hall–Kier alpha value is -2.01. The molecule has 0 bridgehead atoms. The Balaban J connectivity index is 2.24. The van der Waals surface area contributed by atoms with Crippen molar-refractivity contribution in [2.45, 2.75) is 6.54 Å². The highest BCUT2D eigenvalue weighted by atomic mass is 35.5. The van der Waals surface area contributed by atoms with Gasteiger partial charge in [-0.05, 0) is 17.7 Å². The lowest BCUT2D eigenvalue weighted by Gasteiger charge is -2.04. The maximum Gasteiger partial charge on any atom is 0.269 e. The van der Waals surface area contributed by atoms with Crippen LogP contribution in [0.2, 0.25) is 5.02 Å². The number of nitrogens with two attached hydrogens (primary N) is 2. The summed E-state index contributed by atoms with van der Waals surface area (Å²) in [6.07, 6.45) is 0. The van der Waals surface area contributed by atoms with Gasteiger partial charge in [-0.1, -0.05) is 23.7 Å². The van der Waals surface area contributed by atoms with E-state index >= 15 is 0 Å². The Morgan fingerprint density at radius 1 is 1.35 bits per heavy atom. The first-order valence-electron chi connectivity index (χ1n) is 4.94. The molecule has 2 rings (SSSR count). The number of rotatable bonds is 3. The number of carbonyl (C=O) groups excluding carboxylic acids is 1. The highest BCUT2D eigenvalue weighted by Gasteiger charge is 2.09. The summed E-state index contributed by atoms with van der Waals surface area (Å²) in [6, 6.07) is 8.76. The van der Waals surface area contributed by atoms with E-state index in [4.69, 9.17) is 23.1 Å². The fourth-order valence-electron chi connectivity index (χ4n) is 1.44. The van der Waals surface area contributed by atoms with Crippen molar-refractivity contribution in [1.82, 2.24) is 9.78 Å². The summed E-state index contributed by atoms with van der Waals surface area (Å²) >= 11 is 5.78. The number of hydrogen-bond acceptors (Lipinski definition) is 3. The minimum absolute atomic E-state index is 0.163. The van der Waals surface area contributed by atoms with Gasteiger partial charge < -0.3 is 11.5 Å². The zero-order valence-corrected chi connectivity index (χ0v) is 9.69. The summed E-state index contributed by atoms with van der Waals surface area (Å²) < 4.78 is 1.52. The van der Waals surface area contributed by atoms with Gasteiger partial charge in [-0.2, -0.15) is 5.10 Å². The van der Waals surface area contributed by atoms with Gasteiger partial charge in [0.05, 0.1) is 6.54 Å². The minimum atomic E-state index is -0.591. The van der Waals surface area contributed by atoms with Crippen molar-refractivity contribution in [3.8, 4) is 0 Å². The Kier molecular flexibility index (Phi) is 3.01. The number of halogens is 1. The molecule has 0 radical (unpaired) electrons. The molecule has 5 nitrogen and oxygen atoms in total. The van der Waals surface area contributed by atoms with Gasteiger partial charge >= 0.3 is 0 Å². The van der Waals surface area contributed by atoms with E-state index in [-0.39, 0.29) is 5.69 Å². The van der Waals surface area contributed by atoms with Crippen molar-refractivity contribution in [1.29, 1.82) is 0 Å². The summed E-state index contributed by atoms with van der Waals surface area (Å²) in [5, 5.41) is 4.68. The molecule has 2 aromatic rings. The molecule has 1 aromatic heterocycles. The van der Waals surface area contributed by atoms with E-state index < -0.39 is 5.91 Å². The highest BCUT2D eigenvalue weighted by molar-refractivity contribution is 6.30. The average molecular weight is 251 g/mol. The van der Waals surface area contributed by atoms with E-state index in [1.807, 2.05) is 12.1 Å². The quantitative estimate of drug-likeness (QED) is 0.860. The van der Waals surface area contributed by atoms with Crippen molar-refractivity contribution >= 4 is 23.3 Å². The second-order valence-electron chi connectivity index (χ2n) is 3.60. The zero-order valence-electron chi connectivity index (χ0n) is 8.93. The number of nitrogen functional groups attached to an aromatic ring is 1. The Labute approximate surface area is 103 Å². The van der Waals surface area contributed by atoms with E-state index in [2.05, 4.69) is 5.10 Å². The van der Waals surface area contributed by atoms with E-state index in [0.717, 1.165) is 5.56 Å². The van der Waals surface area contributed by atoms with Gasteiger partial charge in [-0.3, -0.25) is 4.79 Å². The van der Waals surface area contributed by atoms with Crippen LogP contribution in [0.4, 0.5) is 5.82 Å². The molecule has 1 aromatic carbocycles. The first-order valence-corrected chi connectivity index (χ1v) is 5.31. The van der Waals surface area contributed by atoms with Gasteiger partial charge in [-0.15, -0.1) is 0 Å². The third kappa shape index (κ3) is 2.57. The molecule has 0 aliphatic carbocycles. The monoisotopic (exact) mass is 250 g/mol. The molecule has 1 heterocycles. The van der Waals surface area contributed by atoms with Gasteiger partial charge in [0.1, 0.15) is 5.82 Å². The fraction of sp³-hybridized carbons (Fsp3) is 0.0909. The summed E-state index contributed by atoms with van der Waals surface area (Å²) in [5.41, 5.74) is 12.0. The first-order chi connectivity index (χ1) is 8.06. The lowest BCUT2D eigenvalue weighted by Crippen LogP contribution is -2.13. The summed E-state index contributed by atoms with van der Waals surface area (Å²) in [4.78, 5) is 10.9. The van der Waals surface area contributed by atoms with Crippen LogP contribution in [0.1, 0.15) is 16.1 Å².